The van der Waals surface area contributed by atoms with Crippen LogP contribution in [0.2, 0.25) is 0 Å². The minimum atomic E-state index is 1.11. The molecule has 0 atom stereocenters. The van der Waals surface area contributed by atoms with Gasteiger partial charge in [0.05, 0.1) is 0 Å². The van der Waals surface area contributed by atoms with Crippen LogP contribution in [0, 0.1) is 6.92 Å². The van der Waals surface area contributed by atoms with Crippen molar-refractivity contribution in [1.82, 2.24) is 0 Å². The summed E-state index contributed by atoms with van der Waals surface area (Å²) >= 11 is 0. The fourth-order valence-electron chi connectivity index (χ4n) is 2.67. The lowest BCUT2D eigenvalue weighted by atomic mass is 9.96. The Morgan fingerprint density at radius 1 is 0.684 bits per heavy atom. The van der Waals surface area contributed by atoms with E-state index in [1.165, 1.54) is 27.5 Å². The predicted molar refractivity (Wildman–Crippen MR) is 82.5 cm³/mol. The highest BCUT2D eigenvalue weighted by Crippen LogP contribution is 2.22. The molecule has 3 rings (SSSR count). The molecule has 0 spiro atoms. The maximum absolute atomic E-state index is 2.28. The van der Waals surface area contributed by atoms with Crippen molar-refractivity contribution in [2.45, 2.75) is 19.8 Å². The molecule has 0 saturated heterocycles. The monoisotopic (exact) mass is 246 g/mol. The van der Waals surface area contributed by atoms with Crippen molar-refractivity contribution in [3.63, 3.8) is 0 Å². The predicted octanol–water partition coefficient (Wildman–Crippen LogP) is 4.93. The van der Waals surface area contributed by atoms with E-state index in [0.717, 1.165) is 12.8 Å². The summed E-state index contributed by atoms with van der Waals surface area (Å²) in [4.78, 5) is 0. The van der Waals surface area contributed by atoms with E-state index in [4.69, 9.17) is 0 Å². The molecule has 0 unspecified atom stereocenters. The van der Waals surface area contributed by atoms with Crippen molar-refractivity contribution in [1.29, 1.82) is 0 Å². The molecule has 0 aliphatic carbocycles. The second-order valence-electron chi connectivity index (χ2n) is 5.06. The molecule has 0 fully saturated rings. The number of aryl methyl sites for hydroxylation is 3. The molecule has 0 saturated carbocycles. The van der Waals surface area contributed by atoms with Crippen molar-refractivity contribution in [3.05, 3.63) is 83.4 Å². The Hall–Kier alpha value is -2.08. The van der Waals surface area contributed by atoms with E-state index in [2.05, 4.69) is 73.7 Å². The summed E-state index contributed by atoms with van der Waals surface area (Å²) in [5, 5.41) is 2.72. The highest BCUT2D eigenvalue weighted by molar-refractivity contribution is 5.86. The van der Waals surface area contributed by atoms with Gasteiger partial charge < -0.3 is 0 Å². The van der Waals surface area contributed by atoms with Crippen LogP contribution >= 0.6 is 0 Å². The van der Waals surface area contributed by atoms with E-state index in [-0.39, 0.29) is 0 Å². The molecule has 19 heavy (non-hydrogen) atoms. The Labute approximate surface area is 114 Å². The Morgan fingerprint density at radius 2 is 1.42 bits per heavy atom. The van der Waals surface area contributed by atoms with Gasteiger partial charge in [0.25, 0.3) is 0 Å². The summed E-state index contributed by atoms with van der Waals surface area (Å²) in [6, 6.07) is 23.9. The molecule has 94 valence electrons. The maximum atomic E-state index is 2.28. The topological polar surface area (TPSA) is 0 Å². The van der Waals surface area contributed by atoms with Crippen molar-refractivity contribution >= 4 is 10.8 Å². The lowest BCUT2D eigenvalue weighted by Crippen LogP contribution is -1.94. The van der Waals surface area contributed by atoms with Gasteiger partial charge in [-0.2, -0.15) is 0 Å². The minimum absolute atomic E-state index is 1.11. The molecule has 0 bridgehead atoms. The van der Waals surface area contributed by atoms with Gasteiger partial charge in [0.1, 0.15) is 0 Å². The van der Waals surface area contributed by atoms with Gasteiger partial charge in [0.2, 0.25) is 0 Å². The number of hydrogen-bond acceptors (Lipinski definition) is 0. The molecule has 0 nitrogen and oxygen atoms in total. The van der Waals surface area contributed by atoms with Gasteiger partial charge in [-0.25, -0.2) is 0 Å². The lowest BCUT2D eigenvalue weighted by molar-refractivity contribution is 0.952. The van der Waals surface area contributed by atoms with Crippen LogP contribution in [0.15, 0.2) is 66.7 Å². The molecule has 0 amide bonds. The van der Waals surface area contributed by atoms with E-state index in [9.17, 15) is 0 Å². The molecular weight excluding hydrogens is 228 g/mol. The third-order valence-electron chi connectivity index (χ3n) is 3.84. The Balaban J connectivity index is 1.87. The Morgan fingerprint density at radius 3 is 2.26 bits per heavy atom. The first-order valence-electron chi connectivity index (χ1n) is 6.86. The smallest absolute Gasteiger partial charge is 0.0152 e. The number of benzene rings is 3. The van der Waals surface area contributed by atoms with Gasteiger partial charge in [0, 0.05) is 0 Å². The minimum Gasteiger partial charge on any atom is -0.0622 e. The molecule has 0 heteroatoms. The van der Waals surface area contributed by atoms with Gasteiger partial charge >= 0.3 is 0 Å². The summed E-state index contributed by atoms with van der Waals surface area (Å²) in [6.45, 7) is 2.24. The molecule has 0 aliphatic rings. The zero-order chi connectivity index (χ0) is 13.1. The van der Waals surface area contributed by atoms with Gasteiger partial charge in [-0.05, 0) is 47.2 Å². The maximum Gasteiger partial charge on any atom is -0.0152 e. The second-order valence-corrected chi connectivity index (χ2v) is 5.06. The zero-order valence-corrected chi connectivity index (χ0v) is 11.3. The second kappa shape index (κ2) is 5.27. The van der Waals surface area contributed by atoms with E-state index >= 15 is 0 Å². The highest BCUT2D eigenvalue weighted by Gasteiger charge is 2.03. The number of hydrogen-bond donors (Lipinski definition) is 0. The molecular formula is C19H18. The number of fused-ring (bicyclic) bond motifs is 1. The number of rotatable bonds is 3. The molecule has 0 heterocycles. The van der Waals surface area contributed by atoms with Crippen LogP contribution in [0.4, 0.5) is 0 Å². The van der Waals surface area contributed by atoms with E-state index in [0.29, 0.717) is 0 Å². The van der Waals surface area contributed by atoms with Gasteiger partial charge in [-0.15, -0.1) is 0 Å². The molecule has 3 aromatic carbocycles. The van der Waals surface area contributed by atoms with Crippen LogP contribution in [0.3, 0.4) is 0 Å². The van der Waals surface area contributed by atoms with Gasteiger partial charge in [0.15, 0.2) is 0 Å². The van der Waals surface area contributed by atoms with Gasteiger partial charge in [-0.1, -0.05) is 66.7 Å². The Bertz CT molecular complexity index is 681. The molecule has 3 aromatic rings. The highest BCUT2D eigenvalue weighted by atomic mass is 14.1. The van der Waals surface area contributed by atoms with E-state index < -0.39 is 0 Å². The first-order valence-corrected chi connectivity index (χ1v) is 6.86. The summed E-state index contributed by atoms with van der Waals surface area (Å²) < 4.78 is 0. The van der Waals surface area contributed by atoms with E-state index in [1.807, 2.05) is 0 Å². The van der Waals surface area contributed by atoms with Crippen LogP contribution in [0.25, 0.3) is 10.8 Å². The molecule has 0 N–H and O–H groups in total. The third-order valence-corrected chi connectivity index (χ3v) is 3.84. The fraction of sp³-hybridized carbons (Fsp3) is 0.158. The van der Waals surface area contributed by atoms with E-state index in [1.54, 1.807) is 0 Å². The van der Waals surface area contributed by atoms with Crippen molar-refractivity contribution in [3.8, 4) is 0 Å². The van der Waals surface area contributed by atoms with Crippen LogP contribution in [0.5, 0.6) is 0 Å². The largest absolute Gasteiger partial charge is 0.0622 e. The molecule has 0 radical (unpaired) electrons. The van der Waals surface area contributed by atoms with Crippen LogP contribution in [0.1, 0.15) is 16.7 Å². The van der Waals surface area contributed by atoms with Crippen LogP contribution in [-0.2, 0) is 12.8 Å². The van der Waals surface area contributed by atoms with Crippen molar-refractivity contribution in [2.24, 2.45) is 0 Å². The van der Waals surface area contributed by atoms with Crippen molar-refractivity contribution < 1.29 is 0 Å². The van der Waals surface area contributed by atoms with Crippen molar-refractivity contribution in [2.75, 3.05) is 0 Å². The molecule has 0 aromatic heterocycles. The summed E-state index contributed by atoms with van der Waals surface area (Å²) in [5.74, 6) is 0. The Kier molecular flexibility index (Phi) is 3.33. The lowest BCUT2D eigenvalue weighted by Gasteiger charge is -2.09. The van der Waals surface area contributed by atoms with Gasteiger partial charge in [-0.3, -0.25) is 0 Å². The summed E-state index contributed by atoms with van der Waals surface area (Å²) in [6.07, 6.45) is 2.22. The summed E-state index contributed by atoms with van der Waals surface area (Å²) in [7, 11) is 0. The fourth-order valence-corrected chi connectivity index (χ4v) is 2.67. The quantitative estimate of drug-likeness (QED) is 0.614. The SMILES string of the molecule is Cc1c(CCc2ccccc2)ccc2ccccc12. The summed E-state index contributed by atoms with van der Waals surface area (Å²) in [5.41, 5.74) is 4.30. The zero-order valence-electron chi connectivity index (χ0n) is 11.3. The van der Waals surface area contributed by atoms with Crippen LogP contribution < -0.4 is 0 Å². The normalized spacial score (nSPS) is 10.8. The first kappa shape index (κ1) is 12.0. The standard InChI is InChI=1S/C19H18/c1-15-17(12-11-16-7-3-2-4-8-16)13-14-18-9-5-6-10-19(15)18/h2-10,13-14H,11-12H2,1H3. The molecule has 0 aliphatic heterocycles. The van der Waals surface area contributed by atoms with Crippen LogP contribution in [-0.4, -0.2) is 0 Å². The average Bonchev–Trinajstić information content (AvgIpc) is 2.48. The first-order chi connectivity index (χ1) is 9.34. The average molecular weight is 246 g/mol. The third kappa shape index (κ3) is 2.53.